The molecule has 31 heavy (non-hydrogen) atoms. The van der Waals surface area contributed by atoms with E-state index in [2.05, 4.69) is 0 Å². The van der Waals surface area contributed by atoms with E-state index in [0.29, 0.717) is 16.3 Å². The molecule has 3 atom stereocenters. The first-order valence-electron chi connectivity index (χ1n) is 9.58. The number of nitro benzene ring substituents is 1. The Balaban J connectivity index is 1.84. The molecule has 0 N–H and O–H groups in total. The molecule has 1 fully saturated rings. The Morgan fingerprint density at radius 1 is 1.00 bits per heavy atom. The SMILES string of the molecule is COC(=O)[C@H]1[C@H](c2ccccc2)ON(c2ccc(Cl)cc2)[C@H]1c1ccc([N+](=O)[O-])cc1. The summed E-state index contributed by atoms with van der Waals surface area (Å²) in [5, 5.41) is 13.3. The van der Waals surface area contributed by atoms with Gasteiger partial charge in [-0.1, -0.05) is 54.1 Å². The van der Waals surface area contributed by atoms with E-state index in [1.54, 1.807) is 41.5 Å². The van der Waals surface area contributed by atoms with Crippen LogP contribution >= 0.6 is 11.6 Å². The van der Waals surface area contributed by atoms with E-state index in [1.807, 2.05) is 30.3 Å². The van der Waals surface area contributed by atoms with E-state index in [-0.39, 0.29) is 5.69 Å². The summed E-state index contributed by atoms with van der Waals surface area (Å²) in [6.07, 6.45) is -0.607. The van der Waals surface area contributed by atoms with Crippen LogP contribution in [0.25, 0.3) is 0 Å². The molecule has 0 radical (unpaired) electrons. The van der Waals surface area contributed by atoms with Gasteiger partial charge in [-0.3, -0.25) is 19.7 Å². The summed E-state index contributed by atoms with van der Waals surface area (Å²) in [5.74, 6) is -1.14. The van der Waals surface area contributed by atoms with Crippen molar-refractivity contribution in [1.82, 2.24) is 0 Å². The summed E-state index contributed by atoms with van der Waals surface area (Å²) < 4.78 is 5.13. The second-order valence-corrected chi connectivity index (χ2v) is 7.52. The van der Waals surface area contributed by atoms with E-state index in [0.717, 1.165) is 5.56 Å². The number of non-ortho nitro benzene ring substituents is 1. The first kappa shape index (κ1) is 20.8. The zero-order valence-electron chi connectivity index (χ0n) is 16.6. The normalized spacial score (nSPS) is 20.5. The summed E-state index contributed by atoms with van der Waals surface area (Å²) >= 11 is 6.05. The van der Waals surface area contributed by atoms with Gasteiger partial charge in [0.25, 0.3) is 5.69 Å². The third kappa shape index (κ3) is 4.10. The van der Waals surface area contributed by atoms with Gasteiger partial charge in [-0.15, -0.1) is 0 Å². The van der Waals surface area contributed by atoms with Gasteiger partial charge in [0.1, 0.15) is 12.0 Å². The van der Waals surface area contributed by atoms with Crippen LogP contribution in [-0.4, -0.2) is 18.0 Å². The van der Waals surface area contributed by atoms with Crippen LogP contribution in [0.3, 0.4) is 0 Å². The average molecular weight is 439 g/mol. The predicted octanol–water partition coefficient (Wildman–Crippen LogP) is 5.27. The number of hydrogen-bond acceptors (Lipinski definition) is 6. The number of anilines is 1. The minimum Gasteiger partial charge on any atom is -0.469 e. The largest absolute Gasteiger partial charge is 0.469 e. The number of nitro groups is 1. The van der Waals surface area contributed by atoms with Crippen LogP contribution in [0.5, 0.6) is 0 Å². The van der Waals surface area contributed by atoms with Crippen LogP contribution in [0.4, 0.5) is 11.4 Å². The van der Waals surface area contributed by atoms with E-state index in [9.17, 15) is 14.9 Å². The zero-order valence-corrected chi connectivity index (χ0v) is 17.3. The molecule has 158 valence electrons. The first-order chi connectivity index (χ1) is 15.0. The number of benzene rings is 3. The summed E-state index contributed by atoms with van der Waals surface area (Å²) in [7, 11) is 1.34. The molecule has 1 aliphatic rings. The lowest BCUT2D eigenvalue weighted by Crippen LogP contribution is -2.29. The smallest absolute Gasteiger partial charge is 0.314 e. The molecule has 0 aliphatic carbocycles. The number of nitrogens with zero attached hydrogens (tertiary/aromatic N) is 2. The molecule has 3 aromatic carbocycles. The highest BCUT2D eigenvalue weighted by molar-refractivity contribution is 6.30. The highest BCUT2D eigenvalue weighted by Gasteiger charge is 2.50. The number of carbonyl (C=O) groups excluding carboxylic acids is 1. The van der Waals surface area contributed by atoms with Crippen molar-refractivity contribution in [3.8, 4) is 0 Å². The standard InChI is InChI=1S/C23H19ClN2O5/c1-30-23(27)20-21(15-7-11-19(12-8-15)26(28)29)25(18-13-9-17(24)10-14-18)31-22(20)16-5-3-2-4-6-16/h2-14,20-22H,1H3/t20-,21+,22+/m1/s1. The Hall–Kier alpha value is -3.42. The maximum atomic E-state index is 12.9. The van der Waals surface area contributed by atoms with Gasteiger partial charge >= 0.3 is 5.97 Å². The summed E-state index contributed by atoms with van der Waals surface area (Å²) in [5.41, 5.74) is 2.17. The Labute approximate surface area is 183 Å². The number of rotatable bonds is 5. The molecule has 0 amide bonds. The van der Waals surface area contributed by atoms with Crippen LogP contribution in [0.1, 0.15) is 23.3 Å². The molecule has 0 aromatic heterocycles. The Bertz CT molecular complexity index is 1070. The fourth-order valence-electron chi connectivity index (χ4n) is 3.81. The molecule has 0 spiro atoms. The highest BCUT2D eigenvalue weighted by Crippen LogP contribution is 2.49. The quantitative estimate of drug-likeness (QED) is 0.306. The second kappa shape index (κ2) is 8.75. The van der Waals surface area contributed by atoms with Crippen LogP contribution in [0, 0.1) is 16.0 Å². The fraction of sp³-hybridized carbons (Fsp3) is 0.174. The minimum atomic E-state index is -0.704. The highest BCUT2D eigenvalue weighted by atomic mass is 35.5. The molecule has 1 heterocycles. The van der Waals surface area contributed by atoms with Gasteiger partial charge in [-0.2, -0.15) is 0 Å². The summed E-state index contributed by atoms with van der Waals surface area (Å²) in [4.78, 5) is 29.9. The fourth-order valence-corrected chi connectivity index (χ4v) is 3.94. The number of carbonyl (C=O) groups is 1. The Morgan fingerprint density at radius 2 is 1.65 bits per heavy atom. The Kier molecular flexibility index (Phi) is 5.88. The summed E-state index contributed by atoms with van der Waals surface area (Å²) in [6, 6.07) is 22.0. The predicted molar refractivity (Wildman–Crippen MR) is 116 cm³/mol. The second-order valence-electron chi connectivity index (χ2n) is 7.08. The Morgan fingerprint density at radius 3 is 2.23 bits per heavy atom. The maximum absolute atomic E-state index is 12.9. The lowest BCUT2D eigenvalue weighted by molar-refractivity contribution is -0.384. The van der Waals surface area contributed by atoms with Crippen molar-refractivity contribution < 1.29 is 19.3 Å². The van der Waals surface area contributed by atoms with Crippen molar-refractivity contribution in [1.29, 1.82) is 0 Å². The molecule has 0 unspecified atom stereocenters. The molecule has 7 nitrogen and oxygen atoms in total. The molecule has 3 aromatic rings. The average Bonchev–Trinajstić information content (AvgIpc) is 3.20. The molecule has 8 heteroatoms. The number of halogens is 1. The molecule has 0 bridgehead atoms. The lowest BCUT2D eigenvalue weighted by atomic mass is 9.86. The number of esters is 1. The van der Waals surface area contributed by atoms with Crippen molar-refractivity contribution >= 4 is 28.9 Å². The number of hydroxylamine groups is 1. The van der Waals surface area contributed by atoms with E-state index >= 15 is 0 Å². The van der Waals surface area contributed by atoms with Gasteiger partial charge < -0.3 is 4.74 Å². The monoisotopic (exact) mass is 438 g/mol. The van der Waals surface area contributed by atoms with Gasteiger partial charge in [0.05, 0.1) is 23.8 Å². The molecule has 4 rings (SSSR count). The van der Waals surface area contributed by atoms with E-state index in [1.165, 1.54) is 19.2 Å². The van der Waals surface area contributed by atoms with Gasteiger partial charge in [0.2, 0.25) is 0 Å². The zero-order chi connectivity index (χ0) is 22.0. The molecule has 0 saturated carbocycles. The molecule has 1 aliphatic heterocycles. The number of ether oxygens (including phenoxy) is 1. The van der Waals surface area contributed by atoms with Crippen LogP contribution < -0.4 is 5.06 Å². The van der Waals surface area contributed by atoms with Crippen molar-refractivity contribution in [2.75, 3.05) is 12.2 Å². The van der Waals surface area contributed by atoms with E-state index in [4.69, 9.17) is 21.2 Å². The van der Waals surface area contributed by atoms with Crippen LogP contribution in [0.15, 0.2) is 78.9 Å². The number of methoxy groups -OCH3 is 1. The molecule has 1 saturated heterocycles. The van der Waals surface area contributed by atoms with Crippen LogP contribution in [-0.2, 0) is 14.4 Å². The third-order valence-electron chi connectivity index (χ3n) is 5.27. The van der Waals surface area contributed by atoms with Gasteiger partial charge in [0, 0.05) is 17.2 Å². The van der Waals surface area contributed by atoms with Gasteiger partial charge in [0.15, 0.2) is 0 Å². The molecular formula is C23H19ClN2O5. The topological polar surface area (TPSA) is 81.9 Å². The minimum absolute atomic E-state index is 0.0325. The van der Waals surface area contributed by atoms with Gasteiger partial charge in [-0.05, 0) is 35.4 Å². The van der Waals surface area contributed by atoms with Crippen molar-refractivity contribution in [3.63, 3.8) is 0 Å². The van der Waals surface area contributed by atoms with Crippen molar-refractivity contribution in [2.24, 2.45) is 5.92 Å². The number of hydrogen-bond donors (Lipinski definition) is 0. The van der Waals surface area contributed by atoms with Crippen molar-refractivity contribution in [3.05, 3.63) is 105 Å². The third-order valence-corrected chi connectivity index (χ3v) is 5.53. The van der Waals surface area contributed by atoms with Crippen LogP contribution in [0.2, 0.25) is 5.02 Å². The molecular weight excluding hydrogens is 420 g/mol. The lowest BCUT2D eigenvalue weighted by Gasteiger charge is -2.26. The first-order valence-corrected chi connectivity index (χ1v) is 9.96. The maximum Gasteiger partial charge on any atom is 0.314 e. The van der Waals surface area contributed by atoms with Crippen molar-refractivity contribution in [2.45, 2.75) is 12.1 Å². The van der Waals surface area contributed by atoms with E-state index < -0.39 is 29.0 Å². The summed E-state index contributed by atoms with van der Waals surface area (Å²) in [6.45, 7) is 0. The van der Waals surface area contributed by atoms with Gasteiger partial charge in [-0.25, -0.2) is 5.06 Å².